The van der Waals surface area contributed by atoms with Gasteiger partial charge in [0.05, 0.1) is 22.2 Å². The van der Waals surface area contributed by atoms with Crippen LogP contribution < -0.4 is 5.32 Å². The Hall–Kier alpha value is -3.86. The molecule has 0 aliphatic carbocycles. The lowest BCUT2D eigenvalue weighted by molar-refractivity contribution is 0.240. The van der Waals surface area contributed by atoms with Crippen LogP contribution >= 0.6 is 11.6 Å². The average Bonchev–Trinajstić information content (AvgIpc) is 3.44. The first-order valence-corrected chi connectivity index (χ1v) is 12.1. The molecule has 36 heavy (non-hydrogen) atoms. The van der Waals surface area contributed by atoms with Gasteiger partial charge in [-0.1, -0.05) is 35.9 Å². The molecule has 182 valence electrons. The summed E-state index contributed by atoms with van der Waals surface area (Å²) < 4.78 is 17.4. The molecule has 2 aromatic heterocycles. The molecule has 5 rings (SSSR count). The Balaban J connectivity index is 1.39. The van der Waals surface area contributed by atoms with Crippen molar-refractivity contribution >= 4 is 34.6 Å². The number of aryl methyl sites for hydroxylation is 1. The molecule has 0 saturated heterocycles. The van der Waals surface area contributed by atoms with E-state index in [0.717, 1.165) is 39.8 Å². The Morgan fingerprint density at radius 3 is 2.86 bits per heavy atom. The maximum atomic E-state index is 13.7. The second-order valence-corrected chi connectivity index (χ2v) is 9.42. The van der Waals surface area contributed by atoms with Crippen LogP contribution in [0.2, 0.25) is 5.02 Å². The molecule has 1 aliphatic heterocycles. The van der Waals surface area contributed by atoms with Crippen LogP contribution in [-0.4, -0.2) is 33.2 Å². The van der Waals surface area contributed by atoms with Crippen molar-refractivity contribution in [2.45, 2.75) is 19.5 Å². The third-order valence-corrected chi connectivity index (χ3v) is 6.82. The fourth-order valence-corrected chi connectivity index (χ4v) is 4.86. The predicted octanol–water partition coefficient (Wildman–Crippen LogP) is 5.47. The van der Waals surface area contributed by atoms with E-state index in [4.69, 9.17) is 11.6 Å². The Bertz CT molecular complexity index is 1530. The van der Waals surface area contributed by atoms with Gasteiger partial charge in [0, 0.05) is 63.1 Å². The third kappa shape index (κ3) is 4.78. The number of fused-ring (bicyclic) bond motifs is 3. The first-order chi connectivity index (χ1) is 17.4. The van der Waals surface area contributed by atoms with Gasteiger partial charge in [0.2, 0.25) is 0 Å². The molecule has 0 atom stereocenters. The molecule has 1 aliphatic rings. The second-order valence-electron chi connectivity index (χ2n) is 9.01. The monoisotopic (exact) mass is 501 g/mol. The summed E-state index contributed by atoms with van der Waals surface area (Å²) in [5, 5.41) is 13.6. The molecule has 1 N–H and O–H groups in total. The van der Waals surface area contributed by atoms with Crippen molar-refractivity contribution in [2.75, 3.05) is 13.1 Å². The van der Waals surface area contributed by atoms with Gasteiger partial charge in [-0.3, -0.25) is 9.47 Å². The van der Waals surface area contributed by atoms with Crippen LogP contribution in [0.15, 0.2) is 60.9 Å². The van der Waals surface area contributed by atoms with E-state index in [1.54, 1.807) is 28.8 Å². The van der Waals surface area contributed by atoms with E-state index >= 15 is 0 Å². The zero-order chi connectivity index (χ0) is 25.2. The van der Waals surface area contributed by atoms with Crippen LogP contribution in [0.4, 0.5) is 9.18 Å². The highest BCUT2D eigenvalue weighted by atomic mass is 35.5. The maximum Gasteiger partial charge on any atom is 0.326 e. The van der Waals surface area contributed by atoms with Crippen LogP contribution in [-0.2, 0) is 26.6 Å². The summed E-state index contributed by atoms with van der Waals surface area (Å²) in [6, 6.07) is 14.2. The largest absolute Gasteiger partial charge is 0.357 e. The smallest absolute Gasteiger partial charge is 0.326 e. The predicted molar refractivity (Wildman–Crippen MR) is 139 cm³/mol. The number of amides is 1. The molecule has 0 spiro atoms. The van der Waals surface area contributed by atoms with Crippen LogP contribution in [0.5, 0.6) is 0 Å². The number of hydrogen-bond acceptors (Lipinski definition) is 3. The molecule has 0 unspecified atom stereocenters. The summed E-state index contributed by atoms with van der Waals surface area (Å²) >= 11 is 5.77. The molecule has 8 heteroatoms. The van der Waals surface area contributed by atoms with E-state index in [0.29, 0.717) is 31.6 Å². The number of halogens is 2. The zero-order valence-corrected chi connectivity index (χ0v) is 20.6. The van der Waals surface area contributed by atoms with E-state index in [1.807, 2.05) is 48.3 Å². The SMILES string of the molecule is Cn1ccc(CNC(=O)n2c3c(c4ccc(C#N)cc42)CN(C/C=C/c2ccc(Cl)c(F)c2)CC3)c1. The Morgan fingerprint density at radius 1 is 1.25 bits per heavy atom. The van der Waals surface area contributed by atoms with Crippen molar-refractivity contribution < 1.29 is 9.18 Å². The summed E-state index contributed by atoms with van der Waals surface area (Å²) in [6.45, 7) is 2.57. The molecule has 4 aromatic rings. The van der Waals surface area contributed by atoms with Gasteiger partial charge in [-0.05, 0) is 47.0 Å². The Morgan fingerprint density at radius 2 is 2.11 bits per heavy atom. The molecular formula is C28H25ClFN5O. The number of nitrogens with one attached hydrogen (secondary N) is 1. The topological polar surface area (TPSA) is 66.0 Å². The number of benzene rings is 2. The second kappa shape index (κ2) is 10.0. The maximum absolute atomic E-state index is 13.7. The van der Waals surface area contributed by atoms with E-state index < -0.39 is 5.82 Å². The van der Waals surface area contributed by atoms with Gasteiger partial charge in [0.15, 0.2) is 0 Å². The van der Waals surface area contributed by atoms with Crippen LogP contribution in [0.3, 0.4) is 0 Å². The van der Waals surface area contributed by atoms with E-state index in [1.165, 1.54) is 6.07 Å². The fourth-order valence-electron chi connectivity index (χ4n) is 4.75. The van der Waals surface area contributed by atoms with Gasteiger partial charge in [0.1, 0.15) is 5.82 Å². The summed E-state index contributed by atoms with van der Waals surface area (Å²) in [7, 11) is 1.94. The highest BCUT2D eigenvalue weighted by molar-refractivity contribution is 6.30. The molecule has 0 radical (unpaired) electrons. The van der Waals surface area contributed by atoms with Crippen molar-refractivity contribution in [2.24, 2.45) is 7.05 Å². The lowest BCUT2D eigenvalue weighted by Gasteiger charge is -2.27. The minimum atomic E-state index is -0.434. The number of nitriles is 1. The quantitative estimate of drug-likeness (QED) is 0.394. The molecular weight excluding hydrogens is 477 g/mol. The molecule has 0 fully saturated rings. The number of carbonyl (C=O) groups excluding carboxylic acids is 1. The number of nitrogens with zero attached hydrogens (tertiary/aromatic N) is 4. The van der Waals surface area contributed by atoms with Crippen LogP contribution in [0, 0.1) is 17.1 Å². The number of aromatic nitrogens is 2. The zero-order valence-electron chi connectivity index (χ0n) is 19.8. The molecule has 2 aromatic carbocycles. The number of hydrogen-bond donors (Lipinski definition) is 1. The van der Waals surface area contributed by atoms with Crippen LogP contribution in [0.1, 0.15) is 27.9 Å². The van der Waals surface area contributed by atoms with Gasteiger partial charge in [0.25, 0.3) is 0 Å². The highest BCUT2D eigenvalue weighted by Crippen LogP contribution is 2.31. The molecule has 6 nitrogen and oxygen atoms in total. The summed E-state index contributed by atoms with van der Waals surface area (Å²) in [6.07, 6.45) is 8.51. The standard InChI is InChI=1S/C28H25ClFN5O/c1-33-11-8-21(17-33)16-32-28(36)35-26-9-12-34(10-2-3-19-5-7-24(29)25(30)13-19)18-23(26)22-6-4-20(15-31)14-27(22)35/h2-8,11,13-14,17H,9-10,12,16,18H2,1H3,(H,32,36)/b3-2+. The van der Waals surface area contributed by atoms with Crippen molar-refractivity contribution in [1.29, 1.82) is 5.26 Å². The summed E-state index contributed by atoms with van der Waals surface area (Å²) in [5.74, 6) is -0.434. The van der Waals surface area contributed by atoms with Crippen molar-refractivity contribution in [3.05, 3.63) is 99.7 Å². The highest BCUT2D eigenvalue weighted by Gasteiger charge is 2.26. The van der Waals surface area contributed by atoms with E-state index in [9.17, 15) is 14.4 Å². The van der Waals surface area contributed by atoms with Crippen molar-refractivity contribution in [3.8, 4) is 6.07 Å². The van der Waals surface area contributed by atoms with Crippen LogP contribution in [0.25, 0.3) is 17.0 Å². The first-order valence-electron chi connectivity index (χ1n) is 11.7. The Kier molecular flexibility index (Phi) is 6.64. The van der Waals surface area contributed by atoms with Crippen molar-refractivity contribution in [1.82, 2.24) is 19.4 Å². The van der Waals surface area contributed by atoms with Gasteiger partial charge in [-0.2, -0.15) is 5.26 Å². The fraction of sp³-hybridized carbons (Fsp3) is 0.214. The number of carbonyl (C=O) groups is 1. The number of rotatable bonds is 5. The normalized spacial score (nSPS) is 13.7. The average molecular weight is 502 g/mol. The van der Waals surface area contributed by atoms with E-state index in [-0.39, 0.29) is 11.1 Å². The molecule has 3 heterocycles. The molecule has 1 amide bonds. The third-order valence-electron chi connectivity index (χ3n) is 6.52. The lowest BCUT2D eigenvalue weighted by atomic mass is 10.0. The van der Waals surface area contributed by atoms with Gasteiger partial charge >= 0.3 is 6.03 Å². The molecule has 0 bridgehead atoms. The van der Waals surface area contributed by atoms with Gasteiger partial charge in [-0.15, -0.1) is 0 Å². The van der Waals surface area contributed by atoms with E-state index in [2.05, 4.69) is 16.3 Å². The van der Waals surface area contributed by atoms with Crippen molar-refractivity contribution in [3.63, 3.8) is 0 Å². The minimum Gasteiger partial charge on any atom is -0.357 e. The lowest BCUT2D eigenvalue weighted by Crippen LogP contribution is -2.34. The Labute approximate surface area is 213 Å². The summed E-state index contributed by atoms with van der Waals surface area (Å²) in [4.78, 5) is 15.6. The first kappa shape index (κ1) is 23.9. The molecule has 0 saturated carbocycles. The minimum absolute atomic E-state index is 0.111. The van der Waals surface area contributed by atoms with Gasteiger partial charge < -0.3 is 9.88 Å². The summed E-state index contributed by atoms with van der Waals surface area (Å²) in [5.41, 5.74) is 5.12. The van der Waals surface area contributed by atoms with Gasteiger partial charge in [-0.25, -0.2) is 9.18 Å².